The zero-order valence-corrected chi connectivity index (χ0v) is 13.9. The smallest absolute Gasteiger partial charge is 0.250 e. The van der Waals surface area contributed by atoms with Gasteiger partial charge < -0.3 is 15.8 Å². The van der Waals surface area contributed by atoms with Gasteiger partial charge in [-0.25, -0.2) is 0 Å². The molecule has 0 bridgehead atoms. The lowest BCUT2D eigenvalue weighted by molar-refractivity contribution is -0.129. The maximum absolute atomic E-state index is 12.5. The van der Waals surface area contributed by atoms with Crippen molar-refractivity contribution < 1.29 is 9.53 Å². The Kier molecular flexibility index (Phi) is 6.68. The summed E-state index contributed by atoms with van der Waals surface area (Å²) >= 11 is 0. The van der Waals surface area contributed by atoms with Crippen molar-refractivity contribution in [3.63, 3.8) is 0 Å². The Balaban J connectivity index is 1.99. The average molecular weight is 309 g/mol. The topological polar surface area (TPSA) is 76.7 Å². The largest absolute Gasteiger partial charge is 0.390 e. The third-order valence-corrected chi connectivity index (χ3v) is 5.24. The van der Waals surface area contributed by atoms with Gasteiger partial charge in [0.2, 0.25) is 5.91 Å². The van der Waals surface area contributed by atoms with Crippen molar-refractivity contribution >= 4 is 12.2 Å². The first-order valence-electron chi connectivity index (χ1n) is 8.75. The maximum Gasteiger partial charge on any atom is 0.250 e. The molecule has 126 valence electrons. The van der Waals surface area contributed by atoms with Crippen LogP contribution in [0.5, 0.6) is 0 Å². The summed E-state index contributed by atoms with van der Waals surface area (Å²) in [6.07, 6.45) is 12.0. The fraction of sp³-hybridized carbons (Fsp3) is 0.882. The molecule has 2 saturated carbocycles. The normalized spacial score (nSPS) is 23.1. The number of ether oxygens (including phenoxy) is 1. The number of amides is 1. The van der Waals surface area contributed by atoms with Crippen LogP contribution >= 0.6 is 0 Å². The van der Waals surface area contributed by atoms with Gasteiger partial charge in [0.1, 0.15) is 0 Å². The van der Waals surface area contributed by atoms with E-state index in [-0.39, 0.29) is 5.91 Å². The molecule has 2 aliphatic carbocycles. The van der Waals surface area contributed by atoms with Crippen molar-refractivity contribution in [1.29, 1.82) is 0 Å². The third-order valence-electron chi connectivity index (χ3n) is 5.24. The van der Waals surface area contributed by atoms with E-state index in [2.05, 4.69) is 10.3 Å². The van der Waals surface area contributed by atoms with E-state index >= 15 is 0 Å². The Morgan fingerprint density at radius 2 is 1.91 bits per heavy atom. The second kappa shape index (κ2) is 8.51. The van der Waals surface area contributed by atoms with E-state index in [0.717, 1.165) is 13.0 Å². The summed E-state index contributed by atoms with van der Waals surface area (Å²) in [6.45, 7) is 1.08. The second-order valence-corrected chi connectivity index (χ2v) is 6.91. The molecule has 0 saturated heterocycles. The van der Waals surface area contributed by atoms with Crippen LogP contribution in [0, 0.1) is 11.8 Å². The zero-order valence-electron chi connectivity index (χ0n) is 13.9. The monoisotopic (exact) mass is 309 g/mol. The highest BCUT2D eigenvalue weighted by Gasteiger charge is 2.40. The molecular formula is C17H31N3O2. The molecule has 1 unspecified atom stereocenters. The van der Waals surface area contributed by atoms with Crippen LogP contribution in [-0.4, -0.2) is 38.0 Å². The Morgan fingerprint density at radius 1 is 1.23 bits per heavy atom. The molecule has 0 aromatic rings. The fourth-order valence-corrected chi connectivity index (χ4v) is 3.66. The number of aliphatic imine (C=N–C) groups is 1. The van der Waals surface area contributed by atoms with Crippen molar-refractivity contribution in [1.82, 2.24) is 5.32 Å². The van der Waals surface area contributed by atoms with Gasteiger partial charge in [-0.2, -0.15) is 0 Å². The van der Waals surface area contributed by atoms with Crippen molar-refractivity contribution in [2.45, 2.75) is 63.3 Å². The Labute approximate surface area is 134 Å². The van der Waals surface area contributed by atoms with Gasteiger partial charge in [0.15, 0.2) is 5.54 Å². The standard InChI is InChI=1S/C17H31N3O2/c1-19-16(21)17(20-13-18,10-14-6-3-2-4-7-14)12-22-11-15-8-5-9-15/h13-15H,2-12H2,1H3,(H2,18,20)(H,19,21). The molecule has 0 aromatic carbocycles. The predicted octanol–water partition coefficient (Wildman–Crippen LogP) is 2.25. The van der Waals surface area contributed by atoms with Gasteiger partial charge in [-0.05, 0) is 31.1 Å². The Bertz CT molecular complexity index is 376. The molecule has 0 heterocycles. The Morgan fingerprint density at radius 3 is 2.45 bits per heavy atom. The van der Waals surface area contributed by atoms with Crippen LogP contribution < -0.4 is 11.1 Å². The van der Waals surface area contributed by atoms with Gasteiger partial charge in [0.05, 0.1) is 12.9 Å². The first-order valence-corrected chi connectivity index (χ1v) is 8.75. The molecule has 0 aromatic heterocycles. The minimum absolute atomic E-state index is 0.0756. The molecule has 3 N–H and O–H groups in total. The van der Waals surface area contributed by atoms with E-state index in [1.807, 2.05) is 0 Å². The van der Waals surface area contributed by atoms with Gasteiger partial charge in [-0.1, -0.05) is 38.5 Å². The van der Waals surface area contributed by atoms with Crippen LogP contribution in [0.25, 0.3) is 0 Å². The number of carbonyl (C=O) groups is 1. The molecule has 2 rings (SSSR count). The van der Waals surface area contributed by atoms with Crippen LogP contribution in [0.15, 0.2) is 4.99 Å². The van der Waals surface area contributed by atoms with Crippen molar-refractivity contribution in [3.05, 3.63) is 0 Å². The van der Waals surface area contributed by atoms with E-state index in [9.17, 15) is 4.79 Å². The van der Waals surface area contributed by atoms with Gasteiger partial charge >= 0.3 is 0 Å². The Hall–Kier alpha value is -1.10. The van der Waals surface area contributed by atoms with Gasteiger partial charge in [-0.3, -0.25) is 9.79 Å². The zero-order chi connectivity index (χ0) is 15.8. The third kappa shape index (κ3) is 4.45. The SMILES string of the molecule is CNC(=O)C(COCC1CCC1)(CC1CCCCC1)N=CN. The number of carbonyl (C=O) groups excluding carboxylic acids is 1. The second-order valence-electron chi connectivity index (χ2n) is 6.91. The van der Waals surface area contributed by atoms with Crippen LogP contribution in [-0.2, 0) is 9.53 Å². The van der Waals surface area contributed by atoms with Crippen molar-refractivity contribution in [3.8, 4) is 0 Å². The summed E-state index contributed by atoms with van der Waals surface area (Å²) in [6, 6.07) is 0. The lowest BCUT2D eigenvalue weighted by Crippen LogP contribution is -2.50. The van der Waals surface area contributed by atoms with E-state index in [4.69, 9.17) is 10.5 Å². The fourth-order valence-electron chi connectivity index (χ4n) is 3.66. The molecule has 0 spiro atoms. The lowest BCUT2D eigenvalue weighted by Gasteiger charge is -2.34. The highest BCUT2D eigenvalue weighted by Crippen LogP contribution is 2.33. The summed E-state index contributed by atoms with van der Waals surface area (Å²) in [7, 11) is 1.66. The number of hydrogen-bond acceptors (Lipinski definition) is 3. The van der Waals surface area contributed by atoms with Crippen LogP contribution in [0.2, 0.25) is 0 Å². The van der Waals surface area contributed by atoms with Crippen LogP contribution in [0.1, 0.15) is 57.8 Å². The quantitative estimate of drug-likeness (QED) is 0.533. The van der Waals surface area contributed by atoms with E-state index in [1.165, 1.54) is 57.7 Å². The molecule has 22 heavy (non-hydrogen) atoms. The summed E-state index contributed by atoms with van der Waals surface area (Å²) in [4.78, 5) is 16.9. The number of likely N-dealkylation sites (N-methyl/N-ethyl adjacent to an activating group) is 1. The average Bonchev–Trinajstić information content (AvgIpc) is 2.50. The first kappa shape index (κ1) is 17.3. The van der Waals surface area contributed by atoms with Gasteiger partial charge in [0.25, 0.3) is 0 Å². The number of nitrogens with one attached hydrogen (secondary N) is 1. The summed E-state index contributed by atoms with van der Waals surface area (Å²) in [5, 5.41) is 2.76. The summed E-state index contributed by atoms with van der Waals surface area (Å²) in [5.74, 6) is 1.13. The number of hydrogen-bond donors (Lipinski definition) is 2. The van der Waals surface area contributed by atoms with Gasteiger partial charge in [-0.15, -0.1) is 0 Å². The lowest BCUT2D eigenvalue weighted by atomic mass is 9.79. The van der Waals surface area contributed by atoms with E-state index in [0.29, 0.717) is 18.4 Å². The molecule has 0 aliphatic heterocycles. The minimum Gasteiger partial charge on any atom is -0.390 e. The molecule has 0 radical (unpaired) electrons. The molecule has 5 heteroatoms. The van der Waals surface area contributed by atoms with E-state index < -0.39 is 5.54 Å². The van der Waals surface area contributed by atoms with Crippen molar-refractivity contribution in [2.75, 3.05) is 20.3 Å². The maximum atomic E-state index is 12.5. The molecule has 2 fully saturated rings. The molecular weight excluding hydrogens is 278 g/mol. The van der Waals surface area contributed by atoms with Crippen LogP contribution in [0.3, 0.4) is 0 Å². The summed E-state index contributed by atoms with van der Waals surface area (Å²) < 4.78 is 5.89. The minimum atomic E-state index is -0.852. The highest BCUT2D eigenvalue weighted by atomic mass is 16.5. The molecule has 5 nitrogen and oxygen atoms in total. The molecule has 2 aliphatic rings. The first-order chi connectivity index (χ1) is 10.7. The number of rotatable bonds is 8. The number of nitrogens with zero attached hydrogens (tertiary/aromatic N) is 1. The number of nitrogens with two attached hydrogens (primary N) is 1. The van der Waals surface area contributed by atoms with Crippen LogP contribution in [0.4, 0.5) is 0 Å². The van der Waals surface area contributed by atoms with Gasteiger partial charge in [0, 0.05) is 13.7 Å². The summed E-state index contributed by atoms with van der Waals surface area (Å²) in [5.41, 5.74) is 4.70. The van der Waals surface area contributed by atoms with Crippen molar-refractivity contribution in [2.24, 2.45) is 22.6 Å². The molecule has 1 atom stereocenters. The molecule has 1 amide bonds. The van der Waals surface area contributed by atoms with E-state index in [1.54, 1.807) is 7.05 Å². The predicted molar refractivity (Wildman–Crippen MR) is 88.8 cm³/mol. The highest BCUT2D eigenvalue weighted by molar-refractivity contribution is 5.87.